The van der Waals surface area contributed by atoms with Gasteiger partial charge in [-0.05, 0) is 30.7 Å². The van der Waals surface area contributed by atoms with Gasteiger partial charge in [-0.2, -0.15) is 0 Å². The Hall–Kier alpha value is -3.10. The molecule has 0 fully saturated rings. The molecule has 6 nitrogen and oxygen atoms in total. The van der Waals surface area contributed by atoms with E-state index >= 15 is 0 Å². The lowest BCUT2D eigenvalue weighted by molar-refractivity contribution is -0.384. The zero-order valence-electron chi connectivity index (χ0n) is 13.2. The van der Waals surface area contributed by atoms with E-state index in [1.54, 1.807) is 13.0 Å². The van der Waals surface area contributed by atoms with Crippen molar-refractivity contribution in [2.45, 2.75) is 13.3 Å². The van der Waals surface area contributed by atoms with E-state index in [9.17, 15) is 23.3 Å². The van der Waals surface area contributed by atoms with Gasteiger partial charge in [0.15, 0.2) is 0 Å². The number of hydrogen-bond donors (Lipinski definition) is 0. The molecular formula is C16H13F3N2O4. The lowest BCUT2D eigenvalue weighted by atomic mass is 10.1. The third-order valence-electron chi connectivity index (χ3n) is 3.18. The number of rotatable bonds is 5. The van der Waals surface area contributed by atoms with Crippen molar-refractivity contribution < 1.29 is 27.6 Å². The van der Waals surface area contributed by atoms with Crippen LogP contribution >= 0.6 is 0 Å². The van der Waals surface area contributed by atoms with E-state index in [1.165, 1.54) is 31.5 Å². The summed E-state index contributed by atoms with van der Waals surface area (Å²) in [5.41, 5.74) is 0.628. The second-order valence-corrected chi connectivity index (χ2v) is 4.91. The van der Waals surface area contributed by atoms with Crippen LogP contribution in [0.5, 0.6) is 11.5 Å². The fourth-order valence-electron chi connectivity index (χ4n) is 2.10. The summed E-state index contributed by atoms with van der Waals surface area (Å²) in [6.07, 6.45) is -3.64. The van der Waals surface area contributed by atoms with Crippen LogP contribution in [0.1, 0.15) is 11.1 Å². The Balaban J connectivity index is 2.44. The topological polar surface area (TPSA) is 74.0 Å². The summed E-state index contributed by atoms with van der Waals surface area (Å²) in [6.45, 7) is 1.64. The number of nitrogens with zero attached hydrogens (tertiary/aromatic N) is 2. The van der Waals surface area contributed by atoms with Crippen LogP contribution in [-0.4, -0.2) is 24.6 Å². The molecule has 0 saturated heterocycles. The monoisotopic (exact) mass is 354 g/mol. The number of ether oxygens (including phenoxy) is 2. The fourth-order valence-corrected chi connectivity index (χ4v) is 2.10. The van der Waals surface area contributed by atoms with Crippen molar-refractivity contribution >= 4 is 17.6 Å². The molecule has 9 heteroatoms. The fraction of sp³-hybridized carbons (Fsp3) is 0.188. The number of alkyl halides is 3. The van der Waals surface area contributed by atoms with E-state index in [1.807, 2.05) is 0 Å². The molecule has 0 radical (unpaired) electrons. The highest BCUT2D eigenvalue weighted by atomic mass is 19.4. The van der Waals surface area contributed by atoms with Crippen LogP contribution in [0.4, 0.5) is 24.5 Å². The van der Waals surface area contributed by atoms with Gasteiger partial charge >= 0.3 is 6.36 Å². The minimum absolute atomic E-state index is 0.108. The Morgan fingerprint density at radius 2 is 1.96 bits per heavy atom. The number of nitro benzene ring substituents is 1. The smallest absolute Gasteiger partial charge is 0.496 e. The second kappa shape index (κ2) is 7.20. The van der Waals surface area contributed by atoms with Crippen LogP contribution in [-0.2, 0) is 0 Å². The zero-order valence-corrected chi connectivity index (χ0v) is 13.2. The van der Waals surface area contributed by atoms with Gasteiger partial charge in [0, 0.05) is 17.8 Å². The summed E-state index contributed by atoms with van der Waals surface area (Å²) in [4.78, 5) is 14.6. The molecule has 132 valence electrons. The first-order valence-corrected chi connectivity index (χ1v) is 6.93. The normalized spacial score (nSPS) is 11.6. The Morgan fingerprint density at radius 3 is 2.56 bits per heavy atom. The van der Waals surface area contributed by atoms with Crippen LogP contribution < -0.4 is 9.47 Å². The number of hydrogen-bond acceptors (Lipinski definition) is 5. The van der Waals surface area contributed by atoms with Crippen LogP contribution in [0, 0.1) is 17.0 Å². The minimum atomic E-state index is -4.84. The first kappa shape index (κ1) is 18.2. The molecule has 0 atom stereocenters. The molecule has 0 aliphatic carbocycles. The van der Waals surface area contributed by atoms with Gasteiger partial charge in [-0.25, -0.2) is 4.99 Å². The van der Waals surface area contributed by atoms with Crippen molar-refractivity contribution in [2.24, 2.45) is 4.99 Å². The molecule has 0 amide bonds. The average Bonchev–Trinajstić information content (AvgIpc) is 2.52. The van der Waals surface area contributed by atoms with Crippen molar-refractivity contribution in [3.8, 4) is 11.5 Å². The lowest BCUT2D eigenvalue weighted by Crippen LogP contribution is -2.17. The Morgan fingerprint density at radius 1 is 1.24 bits per heavy atom. The largest absolute Gasteiger partial charge is 0.573 e. The van der Waals surface area contributed by atoms with Crippen molar-refractivity contribution in [3.05, 3.63) is 57.6 Å². The minimum Gasteiger partial charge on any atom is -0.496 e. The number of methoxy groups -OCH3 is 1. The summed E-state index contributed by atoms with van der Waals surface area (Å²) < 4.78 is 45.9. The van der Waals surface area contributed by atoms with Gasteiger partial charge in [0.25, 0.3) is 5.69 Å². The average molecular weight is 354 g/mol. The zero-order chi connectivity index (χ0) is 18.6. The van der Waals surface area contributed by atoms with E-state index < -0.39 is 17.0 Å². The van der Waals surface area contributed by atoms with E-state index in [-0.39, 0.29) is 22.7 Å². The van der Waals surface area contributed by atoms with E-state index in [0.717, 1.165) is 12.1 Å². The third-order valence-corrected chi connectivity index (χ3v) is 3.18. The summed E-state index contributed by atoms with van der Waals surface area (Å²) in [6, 6.07) is 7.92. The van der Waals surface area contributed by atoms with Gasteiger partial charge in [-0.3, -0.25) is 10.1 Å². The molecule has 2 aromatic carbocycles. The number of nitro groups is 1. The molecule has 2 aromatic rings. The predicted molar refractivity (Wildman–Crippen MR) is 84.8 cm³/mol. The first-order valence-electron chi connectivity index (χ1n) is 6.93. The van der Waals surface area contributed by atoms with Crippen LogP contribution in [0.3, 0.4) is 0 Å². The highest BCUT2D eigenvalue weighted by Crippen LogP contribution is 2.32. The summed E-state index contributed by atoms with van der Waals surface area (Å²) in [7, 11) is 1.34. The molecule has 2 rings (SSSR count). The SMILES string of the molecule is COc1ccc(OC(F)(F)F)cc1/C=N/c1c(C)cccc1[N+](=O)[O-]. The van der Waals surface area contributed by atoms with E-state index in [0.29, 0.717) is 5.56 Å². The predicted octanol–water partition coefficient (Wildman–Crippen LogP) is 4.56. The highest BCUT2D eigenvalue weighted by molar-refractivity contribution is 5.87. The molecule has 0 heterocycles. The summed E-state index contributed by atoms with van der Waals surface area (Å²) in [5, 5.41) is 11.1. The maximum Gasteiger partial charge on any atom is 0.573 e. The number of aliphatic imine (C=N–C) groups is 1. The van der Waals surface area contributed by atoms with Gasteiger partial charge in [0.1, 0.15) is 17.2 Å². The number of para-hydroxylation sites is 1. The molecule has 0 spiro atoms. The maximum atomic E-state index is 12.3. The highest BCUT2D eigenvalue weighted by Gasteiger charge is 2.31. The lowest BCUT2D eigenvalue weighted by Gasteiger charge is -2.11. The van der Waals surface area contributed by atoms with E-state index in [2.05, 4.69) is 9.73 Å². The Labute approximate surface area is 140 Å². The van der Waals surface area contributed by atoms with E-state index in [4.69, 9.17) is 4.74 Å². The standard InChI is InChI=1S/C16H13F3N2O4/c1-10-4-3-5-13(21(22)23)15(10)20-9-11-8-12(25-16(17,18)19)6-7-14(11)24-2/h3-9H,1-2H3/b20-9+. The second-order valence-electron chi connectivity index (χ2n) is 4.91. The number of benzene rings is 2. The molecule has 0 aliphatic heterocycles. The van der Waals surface area contributed by atoms with Gasteiger partial charge in [0.05, 0.1) is 12.0 Å². The molecule has 0 aromatic heterocycles. The maximum absolute atomic E-state index is 12.3. The van der Waals surface area contributed by atoms with Crippen molar-refractivity contribution in [1.82, 2.24) is 0 Å². The van der Waals surface area contributed by atoms with Crippen molar-refractivity contribution in [3.63, 3.8) is 0 Å². The summed E-state index contributed by atoms with van der Waals surface area (Å²) >= 11 is 0. The first-order chi connectivity index (χ1) is 11.7. The van der Waals surface area contributed by atoms with Gasteiger partial charge in [0.2, 0.25) is 0 Å². The Kier molecular flexibility index (Phi) is 5.26. The molecule has 0 saturated carbocycles. The quantitative estimate of drug-likeness (QED) is 0.448. The molecule has 0 unspecified atom stereocenters. The molecule has 25 heavy (non-hydrogen) atoms. The number of halogens is 3. The molecule has 0 bridgehead atoms. The van der Waals surface area contributed by atoms with Gasteiger partial charge in [-0.1, -0.05) is 12.1 Å². The van der Waals surface area contributed by atoms with Crippen molar-refractivity contribution in [2.75, 3.05) is 7.11 Å². The molecule has 0 aliphatic rings. The number of aryl methyl sites for hydroxylation is 1. The molecule has 0 N–H and O–H groups in total. The van der Waals surface area contributed by atoms with Gasteiger partial charge < -0.3 is 9.47 Å². The molecular weight excluding hydrogens is 341 g/mol. The van der Waals surface area contributed by atoms with Crippen LogP contribution in [0.2, 0.25) is 0 Å². The Bertz CT molecular complexity index is 820. The van der Waals surface area contributed by atoms with Gasteiger partial charge in [-0.15, -0.1) is 13.2 Å². The van der Waals surface area contributed by atoms with Crippen molar-refractivity contribution in [1.29, 1.82) is 0 Å². The summed E-state index contributed by atoms with van der Waals surface area (Å²) in [5.74, 6) is -0.205. The van der Waals surface area contributed by atoms with Crippen LogP contribution in [0.15, 0.2) is 41.4 Å². The van der Waals surface area contributed by atoms with Crippen LogP contribution in [0.25, 0.3) is 0 Å². The third kappa shape index (κ3) is 4.69.